The molecule has 0 saturated carbocycles. The number of fused-ring (bicyclic) bond motifs is 1. The first-order valence-electron chi connectivity index (χ1n) is 14.6. The Balaban J connectivity index is 1.63. The number of benzene rings is 3. The molecule has 3 aromatic carbocycles. The minimum absolute atomic E-state index is 0.0159. The maximum atomic E-state index is 14.1. The summed E-state index contributed by atoms with van der Waals surface area (Å²) < 4.78 is 19.3. The highest BCUT2D eigenvalue weighted by Gasteiger charge is 2.35. The van der Waals surface area contributed by atoms with E-state index in [0.717, 1.165) is 11.3 Å². The number of hydrogen-bond donors (Lipinski definition) is 0. The molecule has 2 heterocycles. The van der Waals surface area contributed by atoms with E-state index < -0.39 is 22.5 Å². The number of para-hydroxylation sites is 1. The topological polar surface area (TPSA) is 146 Å². The molecule has 0 bridgehead atoms. The van der Waals surface area contributed by atoms with Crippen molar-refractivity contribution in [3.05, 3.63) is 128 Å². The van der Waals surface area contributed by atoms with E-state index in [1.165, 1.54) is 16.7 Å². The minimum atomic E-state index is -0.893. The van der Waals surface area contributed by atoms with E-state index in [-0.39, 0.29) is 40.9 Å². The number of hydrogen-bond acceptors (Lipinski definition) is 10. The highest BCUT2D eigenvalue weighted by atomic mass is 79.9. The molecule has 4 aromatic rings. The van der Waals surface area contributed by atoms with Crippen LogP contribution in [0.5, 0.6) is 11.5 Å². The predicted molar refractivity (Wildman–Crippen MR) is 179 cm³/mol. The van der Waals surface area contributed by atoms with Gasteiger partial charge in [0.05, 0.1) is 49.5 Å². The number of thiazole rings is 1. The van der Waals surface area contributed by atoms with Gasteiger partial charge < -0.3 is 14.2 Å². The van der Waals surface area contributed by atoms with E-state index in [1.807, 2.05) is 19.9 Å². The highest BCUT2D eigenvalue weighted by Crippen LogP contribution is 2.38. The number of rotatable bonds is 10. The van der Waals surface area contributed by atoms with Crippen molar-refractivity contribution in [3.8, 4) is 17.6 Å². The first kappa shape index (κ1) is 33.3. The third-order valence-electron chi connectivity index (χ3n) is 7.14. The second kappa shape index (κ2) is 14.1. The molecule has 1 aromatic heterocycles. The summed E-state index contributed by atoms with van der Waals surface area (Å²) in [6.45, 7) is 7.23. The molecule has 13 heteroatoms. The van der Waals surface area contributed by atoms with Crippen molar-refractivity contribution in [1.29, 1.82) is 5.26 Å². The van der Waals surface area contributed by atoms with Crippen LogP contribution >= 0.6 is 27.3 Å². The molecule has 0 radical (unpaired) electrons. The molecule has 1 atom stereocenters. The molecule has 0 N–H and O–H groups in total. The predicted octanol–water partition coefficient (Wildman–Crippen LogP) is 5.71. The maximum Gasteiger partial charge on any atom is 0.338 e. The second-order valence-electron chi connectivity index (χ2n) is 10.7. The normalized spacial score (nSPS) is 14.3. The third-order valence-corrected chi connectivity index (χ3v) is 8.72. The summed E-state index contributed by atoms with van der Waals surface area (Å²) in [5.74, 6) is -0.108. The summed E-state index contributed by atoms with van der Waals surface area (Å²) in [4.78, 5) is 43.9. The molecule has 240 valence electrons. The molecule has 0 aliphatic carbocycles. The van der Waals surface area contributed by atoms with Crippen LogP contribution in [-0.4, -0.2) is 28.2 Å². The number of nitro groups is 1. The summed E-state index contributed by atoms with van der Waals surface area (Å²) in [5.41, 5.74) is 1.77. The van der Waals surface area contributed by atoms with E-state index in [0.29, 0.717) is 43.0 Å². The Bertz CT molecular complexity index is 2150. The van der Waals surface area contributed by atoms with Crippen molar-refractivity contribution in [2.75, 3.05) is 6.61 Å². The number of allylic oxidation sites excluding steroid dienone is 1. The third kappa shape index (κ3) is 6.89. The number of nitriles is 1. The smallest absolute Gasteiger partial charge is 0.338 e. The van der Waals surface area contributed by atoms with Gasteiger partial charge in [-0.2, -0.15) is 5.26 Å². The summed E-state index contributed by atoms with van der Waals surface area (Å²) >= 11 is 4.49. The Morgan fingerprint density at radius 3 is 2.64 bits per heavy atom. The molecule has 1 aliphatic heterocycles. The molecule has 0 spiro atoms. The van der Waals surface area contributed by atoms with E-state index in [9.17, 15) is 25.0 Å². The summed E-state index contributed by atoms with van der Waals surface area (Å²) in [7, 11) is 0. The summed E-state index contributed by atoms with van der Waals surface area (Å²) in [6.07, 6.45) is 1.36. The van der Waals surface area contributed by atoms with Crippen LogP contribution in [0, 0.1) is 21.4 Å². The zero-order chi connectivity index (χ0) is 33.8. The van der Waals surface area contributed by atoms with Crippen LogP contribution in [0.2, 0.25) is 0 Å². The van der Waals surface area contributed by atoms with Gasteiger partial charge in [-0.05, 0) is 73.5 Å². The summed E-state index contributed by atoms with van der Waals surface area (Å²) in [5, 5.41) is 21.5. The van der Waals surface area contributed by atoms with Gasteiger partial charge in [0.25, 0.3) is 5.56 Å². The Labute approximate surface area is 282 Å². The standard InChI is InChI=1S/C34H29BrN4O7S/c1-5-44-33(41)29-20(4)37-34-38(30(29)24-12-8-9-13-27(24)46-19(2)3)32(40)28(47-34)16-21-14-25(35)31(26(15-21)39(42)43)45-18-23-11-7-6-10-22(23)17-36/h6-16,19,30H,5,18H2,1-4H3/b28-16-/t30-/m0/s1. The Morgan fingerprint density at radius 1 is 1.21 bits per heavy atom. The van der Waals surface area contributed by atoms with Gasteiger partial charge >= 0.3 is 11.7 Å². The average Bonchev–Trinajstić information content (AvgIpc) is 3.33. The second-order valence-corrected chi connectivity index (χ2v) is 12.5. The number of nitro benzene ring substituents is 1. The van der Waals surface area contributed by atoms with E-state index in [2.05, 4.69) is 27.0 Å². The largest absolute Gasteiger partial charge is 0.491 e. The van der Waals surface area contributed by atoms with Crippen LogP contribution in [0.15, 0.2) is 86.2 Å². The molecule has 0 unspecified atom stereocenters. The molecular formula is C34H29BrN4O7S. The fourth-order valence-corrected chi connectivity index (χ4v) is 6.80. The van der Waals surface area contributed by atoms with Gasteiger partial charge in [-0.3, -0.25) is 19.5 Å². The summed E-state index contributed by atoms with van der Waals surface area (Å²) in [6, 6.07) is 18.1. The SMILES string of the molecule is CCOC(=O)C1=C(C)N=c2s/c(=C\c3cc(Br)c(OCc4ccccc4C#N)c([N+](=O)[O-])c3)c(=O)n2[C@H]1c1ccccc1OC(C)C. The Hall–Kier alpha value is -5.06. The molecule has 47 heavy (non-hydrogen) atoms. The maximum absolute atomic E-state index is 14.1. The molecule has 0 saturated heterocycles. The van der Waals surface area contributed by atoms with E-state index in [1.54, 1.807) is 62.4 Å². The number of carbonyl (C=O) groups excluding carboxylic acids is 1. The van der Waals surface area contributed by atoms with Gasteiger partial charge in [0.15, 0.2) is 4.80 Å². The lowest BCUT2D eigenvalue weighted by Crippen LogP contribution is -2.40. The fraction of sp³-hybridized carbons (Fsp3) is 0.235. The van der Waals surface area contributed by atoms with Crippen molar-refractivity contribution in [1.82, 2.24) is 4.57 Å². The number of nitrogens with zero attached hydrogens (tertiary/aromatic N) is 4. The number of aromatic nitrogens is 1. The number of esters is 1. The van der Waals surface area contributed by atoms with Crippen LogP contribution in [0.1, 0.15) is 56.0 Å². The fourth-order valence-electron chi connectivity index (χ4n) is 5.17. The van der Waals surface area contributed by atoms with E-state index in [4.69, 9.17) is 14.2 Å². The van der Waals surface area contributed by atoms with Crippen LogP contribution in [0.3, 0.4) is 0 Å². The number of halogens is 1. The van der Waals surface area contributed by atoms with Crippen LogP contribution in [0.4, 0.5) is 5.69 Å². The molecule has 0 amide bonds. The lowest BCUT2D eigenvalue weighted by atomic mass is 9.95. The lowest BCUT2D eigenvalue weighted by molar-refractivity contribution is -0.386. The first-order valence-corrected chi connectivity index (χ1v) is 16.2. The molecule has 11 nitrogen and oxygen atoms in total. The molecular weight excluding hydrogens is 688 g/mol. The minimum Gasteiger partial charge on any atom is -0.491 e. The monoisotopic (exact) mass is 716 g/mol. The van der Waals surface area contributed by atoms with Crippen molar-refractivity contribution < 1.29 is 23.9 Å². The van der Waals surface area contributed by atoms with E-state index >= 15 is 0 Å². The van der Waals surface area contributed by atoms with Crippen molar-refractivity contribution in [3.63, 3.8) is 0 Å². The lowest BCUT2D eigenvalue weighted by Gasteiger charge is -2.26. The van der Waals surface area contributed by atoms with Gasteiger partial charge in [-0.15, -0.1) is 0 Å². The van der Waals surface area contributed by atoms with Gasteiger partial charge in [-0.1, -0.05) is 47.7 Å². The van der Waals surface area contributed by atoms with Crippen LogP contribution < -0.4 is 24.4 Å². The number of carbonyl (C=O) groups is 1. The van der Waals surface area contributed by atoms with Crippen molar-refractivity contribution >= 4 is 45.0 Å². The van der Waals surface area contributed by atoms with Crippen molar-refractivity contribution in [2.24, 2.45) is 4.99 Å². The average molecular weight is 718 g/mol. The molecule has 0 fully saturated rings. The molecule has 5 rings (SSSR count). The highest BCUT2D eigenvalue weighted by molar-refractivity contribution is 9.10. The first-order chi connectivity index (χ1) is 22.5. The zero-order valence-corrected chi connectivity index (χ0v) is 28.3. The molecule has 1 aliphatic rings. The van der Waals surface area contributed by atoms with Gasteiger partial charge in [0.2, 0.25) is 5.75 Å². The quantitative estimate of drug-likeness (QED) is 0.115. The number of ether oxygens (including phenoxy) is 3. The zero-order valence-electron chi connectivity index (χ0n) is 25.9. The van der Waals surface area contributed by atoms with Crippen LogP contribution in [0.25, 0.3) is 6.08 Å². The van der Waals surface area contributed by atoms with Gasteiger partial charge in [0, 0.05) is 17.2 Å². The van der Waals surface area contributed by atoms with Gasteiger partial charge in [0.1, 0.15) is 18.4 Å². The van der Waals surface area contributed by atoms with Gasteiger partial charge in [-0.25, -0.2) is 9.79 Å². The Kier molecular flexibility index (Phi) is 10.0. The van der Waals surface area contributed by atoms with Crippen LogP contribution in [-0.2, 0) is 16.1 Å². The van der Waals surface area contributed by atoms with Crippen molar-refractivity contribution in [2.45, 2.75) is 46.4 Å². The Morgan fingerprint density at radius 2 is 1.94 bits per heavy atom.